The van der Waals surface area contributed by atoms with Gasteiger partial charge in [0.05, 0.1) is 0 Å². The summed E-state index contributed by atoms with van der Waals surface area (Å²) in [5, 5.41) is 9.14. The largest absolute Gasteiger partial charge is 0.488 e. The molecule has 0 radical (unpaired) electrons. The van der Waals surface area contributed by atoms with Crippen LogP contribution in [0.1, 0.15) is 21.5 Å². The molecule has 2 aromatic rings. The molecule has 0 unspecified atom stereocenters. The van der Waals surface area contributed by atoms with Crippen LogP contribution in [0.25, 0.3) is 0 Å². The molecule has 0 fully saturated rings. The summed E-state index contributed by atoms with van der Waals surface area (Å²) in [6.07, 6.45) is 0. The highest BCUT2D eigenvalue weighted by atomic mass is 79.9. The summed E-state index contributed by atoms with van der Waals surface area (Å²) in [6.45, 7) is 1.89. The first-order valence-electron chi connectivity index (χ1n) is 5.88. The molecule has 0 aliphatic carbocycles. The minimum atomic E-state index is -1.05. The number of rotatable bonds is 4. The van der Waals surface area contributed by atoms with E-state index in [4.69, 9.17) is 9.84 Å². The van der Waals surface area contributed by atoms with Crippen molar-refractivity contribution in [1.82, 2.24) is 0 Å². The van der Waals surface area contributed by atoms with Crippen LogP contribution in [0.5, 0.6) is 5.75 Å². The first-order valence-corrected chi connectivity index (χ1v) is 6.67. The van der Waals surface area contributed by atoms with Crippen molar-refractivity contribution in [3.63, 3.8) is 0 Å². The Bertz CT molecular complexity index is 656. The molecule has 3 nitrogen and oxygen atoms in total. The average Bonchev–Trinajstić information content (AvgIpc) is 2.40. The highest BCUT2D eigenvalue weighted by molar-refractivity contribution is 9.10. The highest BCUT2D eigenvalue weighted by Crippen LogP contribution is 2.24. The minimum absolute atomic E-state index is 0.0850. The maximum absolute atomic E-state index is 13.2. The van der Waals surface area contributed by atoms with Gasteiger partial charge in [-0.25, -0.2) is 9.18 Å². The molecule has 0 aliphatic heterocycles. The number of aryl methyl sites for hydroxylation is 1. The Kier molecular flexibility index (Phi) is 4.39. The summed E-state index contributed by atoms with van der Waals surface area (Å²) in [5.41, 5.74) is 1.54. The van der Waals surface area contributed by atoms with Gasteiger partial charge in [0.25, 0.3) is 0 Å². The zero-order valence-electron chi connectivity index (χ0n) is 10.7. The van der Waals surface area contributed by atoms with Crippen LogP contribution in [0.2, 0.25) is 0 Å². The number of ether oxygens (including phenoxy) is 1. The van der Waals surface area contributed by atoms with Crippen molar-refractivity contribution in [1.29, 1.82) is 0 Å². The van der Waals surface area contributed by atoms with E-state index in [1.54, 1.807) is 25.1 Å². The van der Waals surface area contributed by atoms with E-state index in [-0.39, 0.29) is 23.7 Å². The number of halogens is 2. The van der Waals surface area contributed by atoms with E-state index in [9.17, 15) is 9.18 Å². The predicted molar refractivity (Wildman–Crippen MR) is 76.6 cm³/mol. The van der Waals surface area contributed by atoms with Gasteiger partial charge in [0, 0.05) is 10.0 Å². The lowest BCUT2D eigenvalue weighted by Crippen LogP contribution is -2.04. The molecular formula is C15H12BrFO3. The van der Waals surface area contributed by atoms with E-state index in [1.807, 2.05) is 0 Å². The number of benzene rings is 2. The standard InChI is InChI=1S/C15H12BrFO3/c1-9-2-5-14(12(6-9)15(18)19)20-8-10-7-11(17)3-4-13(10)16/h2-7H,8H2,1H3,(H,18,19). The van der Waals surface area contributed by atoms with E-state index in [0.29, 0.717) is 10.0 Å². The molecule has 0 heterocycles. The molecule has 104 valence electrons. The molecule has 0 amide bonds. The first-order chi connectivity index (χ1) is 9.47. The molecule has 0 aromatic heterocycles. The maximum atomic E-state index is 13.2. The Hall–Kier alpha value is -1.88. The summed E-state index contributed by atoms with van der Waals surface area (Å²) < 4.78 is 19.4. The summed E-state index contributed by atoms with van der Waals surface area (Å²) in [6, 6.07) is 9.18. The smallest absolute Gasteiger partial charge is 0.339 e. The summed E-state index contributed by atoms with van der Waals surface area (Å²) in [4.78, 5) is 11.2. The van der Waals surface area contributed by atoms with Gasteiger partial charge in [0.2, 0.25) is 0 Å². The lowest BCUT2D eigenvalue weighted by Gasteiger charge is -2.11. The number of hydrogen-bond donors (Lipinski definition) is 1. The summed E-state index contributed by atoms with van der Waals surface area (Å²) in [7, 11) is 0. The third-order valence-electron chi connectivity index (χ3n) is 2.76. The minimum Gasteiger partial charge on any atom is -0.488 e. The van der Waals surface area contributed by atoms with E-state index in [2.05, 4.69) is 15.9 Å². The number of carboxylic acids is 1. The predicted octanol–water partition coefficient (Wildman–Crippen LogP) is 4.17. The van der Waals surface area contributed by atoms with Gasteiger partial charge in [-0.3, -0.25) is 0 Å². The molecule has 0 saturated heterocycles. The van der Waals surface area contributed by atoms with E-state index < -0.39 is 5.97 Å². The van der Waals surface area contributed by atoms with Crippen LogP contribution in [0.3, 0.4) is 0 Å². The van der Waals surface area contributed by atoms with Crippen molar-refractivity contribution in [3.05, 3.63) is 63.4 Å². The number of carboxylic acid groups (broad SMARTS) is 1. The fourth-order valence-corrected chi connectivity index (χ4v) is 2.11. The van der Waals surface area contributed by atoms with Gasteiger partial charge >= 0.3 is 5.97 Å². The van der Waals surface area contributed by atoms with E-state index >= 15 is 0 Å². The Labute approximate surface area is 124 Å². The third-order valence-corrected chi connectivity index (χ3v) is 3.53. The fraction of sp³-hybridized carbons (Fsp3) is 0.133. The van der Waals surface area contributed by atoms with Crippen LogP contribution in [0, 0.1) is 12.7 Å². The second-order valence-corrected chi connectivity index (χ2v) is 5.18. The maximum Gasteiger partial charge on any atom is 0.339 e. The van der Waals surface area contributed by atoms with Gasteiger partial charge in [-0.05, 0) is 37.3 Å². The molecule has 20 heavy (non-hydrogen) atoms. The number of hydrogen-bond acceptors (Lipinski definition) is 2. The van der Waals surface area contributed by atoms with Crippen LogP contribution >= 0.6 is 15.9 Å². The third kappa shape index (κ3) is 3.36. The Morgan fingerprint density at radius 2 is 2.05 bits per heavy atom. The molecule has 0 atom stereocenters. The first kappa shape index (κ1) is 14.5. The van der Waals surface area contributed by atoms with E-state index in [1.165, 1.54) is 18.2 Å². The zero-order chi connectivity index (χ0) is 14.7. The van der Waals surface area contributed by atoms with Crippen LogP contribution in [0.4, 0.5) is 4.39 Å². The molecule has 5 heteroatoms. The molecule has 2 aromatic carbocycles. The topological polar surface area (TPSA) is 46.5 Å². The van der Waals surface area contributed by atoms with Gasteiger partial charge in [0.1, 0.15) is 23.7 Å². The van der Waals surface area contributed by atoms with Crippen molar-refractivity contribution in [2.45, 2.75) is 13.5 Å². The van der Waals surface area contributed by atoms with E-state index in [0.717, 1.165) is 5.56 Å². The molecule has 0 aliphatic rings. The van der Waals surface area contributed by atoms with Crippen molar-refractivity contribution in [2.75, 3.05) is 0 Å². The average molecular weight is 339 g/mol. The summed E-state index contributed by atoms with van der Waals surface area (Å²) >= 11 is 3.30. The van der Waals surface area contributed by atoms with Crippen molar-refractivity contribution < 1.29 is 19.0 Å². The SMILES string of the molecule is Cc1ccc(OCc2cc(F)ccc2Br)c(C(=O)O)c1. The van der Waals surface area contributed by atoms with Gasteiger partial charge in [-0.15, -0.1) is 0 Å². The van der Waals surface area contributed by atoms with Crippen molar-refractivity contribution in [3.8, 4) is 5.75 Å². The molecule has 0 spiro atoms. The second kappa shape index (κ2) is 6.05. The molecule has 0 saturated carbocycles. The summed E-state index contributed by atoms with van der Waals surface area (Å²) in [5.74, 6) is -1.16. The zero-order valence-corrected chi connectivity index (χ0v) is 12.3. The van der Waals surface area contributed by atoms with Crippen molar-refractivity contribution in [2.24, 2.45) is 0 Å². The van der Waals surface area contributed by atoms with Gasteiger partial charge in [-0.2, -0.15) is 0 Å². The van der Waals surface area contributed by atoms with Crippen LogP contribution in [0.15, 0.2) is 40.9 Å². The van der Waals surface area contributed by atoms with Crippen LogP contribution in [-0.2, 0) is 6.61 Å². The van der Waals surface area contributed by atoms with Crippen molar-refractivity contribution >= 4 is 21.9 Å². The normalized spacial score (nSPS) is 10.3. The molecule has 1 N–H and O–H groups in total. The van der Waals surface area contributed by atoms with Crippen LogP contribution in [-0.4, -0.2) is 11.1 Å². The second-order valence-electron chi connectivity index (χ2n) is 4.33. The number of aromatic carboxylic acids is 1. The molecule has 2 rings (SSSR count). The Balaban J connectivity index is 2.23. The quantitative estimate of drug-likeness (QED) is 0.909. The monoisotopic (exact) mass is 338 g/mol. The Morgan fingerprint density at radius 3 is 2.75 bits per heavy atom. The van der Waals surface area contributed by atoms with Gasteiger partial charge in [-0.1, -0.05) is 27.6 Å². The lowest BCUT2D eigenvalue weighted by molar-refractivity contribution is 0.0691. The van der Waals surface area contributed by atoms with Crippen LogP contribution < -0.4 is 4.74 Å². The molecule has 0 bridgehead atoms. The lowest BCUT2D eigenvalue weighted by atomic mass is 10.1. The van der Waals surface area contributed by atoms with Gasteiger partial charge < -0.3 is 9.84 Å². The highest BCUT2D eigenvalue weighted by Gasteiger charge is 2.12. The Morgan fingerprint density at radius 1 is 1.30 bits per heavy atom. The van der Waals surface area contributed by atoms with Gasteiger partial charge in [0.15, 0.2) is 0 Å². The molecular weight excluding hydrogens is 327 g/mol. The number of carbonyl (C=O) groups is 1. The fourth-order valence-electron chi connectivity index (χ4n) is 1.75.